The van der Waals surface area contributed by atoms with Crippen molar-refractivity contribution in [2.75, 3.05) is 19.6 Å². The zero-order chi connectivity index (χ0) is 16.7. The molecule has 0 radical (unpaired) electrons. The Morgan fingerprint density at radius 3 is 2.83 bits per heavy atom. The Kier molecular flexibility index (Phi) is 4.06. The average Bonchev–Trinajstić information content (AvgIpc) is 2.92. The van der Waals surface area contributed by atoms with E-state index in [1.807, 2.05) is 33.8 Å². The number of carbonyl (C=O) groups is 2. The SMILES string of the molecule is Cc1cnn(C[C@@H]2CCCN2C(=O)[C@H]2CC(=O)N(CC3CC3)C2)c1. The Morgan fingerprint density at radius 1 is 1.29 bits per heavy atom. The molecule has 3 heterocycles. The van der Waals surface area contributed by atoms with Crippen molar-refractivity contribution in [2.45, 2.75) is 51.6 Å². The number of carbonyl (C=O) groups excluding carboxylic acids is 2. The number of hydrogen-bond donors (Lipinski definition) is 0. The van der Waals surface area contributed by atoms with Crippen LogP contribution in [0.4, 0.5) is 0 Å². The van der Waals surface area contributed by atoms with Crippen LogP contribution in [0.2, 0.25) is 0 Å². The highest BCUT2D eigenvalue weighted by molar-refractivity contribution is 5.89. The van der Waals surface area contributed by atoms with Gasteiger partial charge in [-0.05, 0) is 44.1 Å². The van der Waals surface area contributed by atoms with E-state index in [4.69, 9.17) is 0 Å². The van der Waals surface area contributed by atoms with E-state index in [-0.39, 0.29) is 23.8 Å². The molecule has 6 nitrogen and oxygen atoms in total. The highest BCUT2D eigenvalue weighted by atomic mass is 16.2. The predicted octanol–water partition coefficient (Wildman–Crippen LogP) is 1.44. The molecule has 3 aliphatic rings. The fourth-order valence-corrected chi connectivity index (χ4v) is 4.06. The Morgan fingerprint density at radius 2 is 2.12 bits per heavy atom. The van der Waals surface area contributed by atoms with Gasteiger partial charge in [-0.2, -0.15) is 5.10 Å². The number of nitrogens with zero attached hydrogens (tertiary/aromatic N) is 4. The lowest BCUT2D eigenvalue weighted by Crippen LogP contribution is -2.42. The van der Waals surface area contributed by atoms with E-state index in [0.29, 0.717) is 18.9 Å². The fraction of sp³-hybridized carbons (Fsp3) is 0.722. The van der Waals surface area contributed by atoms with Gasteiger partial charge in [0, 0.05) is 32.3 Å². The van der Waals surface area contributed by atoms with Gasteiger partial charge in [-0.15, -0.1) is 0 Å². The van der Waals surface area contributed by atoms with Gasteiger partial charge in [0.05, 0.1) is 24.7 Å². The van der Waals surface area contributed by atoms with Crippen LogP contribution in [0.1, 0.15) is 37.7 Å². The van der Waals surface area contributed by atoms with Crippen LogP contribution < -0.4 is 0 Å². The molecule has 1 aromatic rings. The van der Waals surface area contributed by atoms with Crippen LogP contribution in [0.25, 0.3) is 0 Å². The van der Waals surface area contributed by atoms with Crippen molar-refractivity contribution in [1.29, 1.82) is 0 Å². The minimum absolute atomic E-state index is 0.142. The second-order valence-electron chi connectivity index (χ2n) is 7.71. The summed E-state index contributed by atoms with van der Waals surface area (Å²) < 4.78 is 1.94. The van der Waals surface area contributed by atoms with Gasteiger partial charge in [0.25, 0.3) is 0 Å². The lowest BCUT2D eigenvalue weighted by Gasteiger charge is -2.27. The Labute approximate surface area is 142 Å². The maximum Gasteiger partial charge on any atom is 0.228 e. The van der Waals surface area contributed by atoms with Crippen LogP contribution in [0, 0.1) is 18.8 Å². The first-order valence-electron chi connectivity index (χ1n) is 9.17. The summed E-state index contributed by atoms with van der Waals surface area (Å²) in [6, 6.07) is 0.212. The molecular weight excluding hydrogens is 304 g/mol. The van der Waals surface area contributed by atoms with E-state index < -0.39 is 0 Å². The molecule has 0 spiro atoms. The van der Waals surface area contributed by atoms with E-state index in [9.17, 15) is 9.59 Å². The van der Waals surface area contributed by atoms with E-state index in [1.54, 1.807) is 0 Å². The third-order valence-electron chi connectivity index (χ3n) is 5.56. The number of rotatable bonds is 5. The van der Waals surface area contributed by atoms with Crippen molar-refractivity contribution >= 4 is 11.8 Å². The van der Waals surface area contributed by atoms with Crippen molar-refractivity contribution in [2.24, 2.45) is 11.8 Å². The van der Waals surface area contributed by atoms with Gasteiger partial charge in [0.2, 0.25) is 11.8 Å². The second kappa shape index (κ2) is 6.22. The van der Waals surface area contributed by atoms with E-state index in [0.717, 1.165) is 38.0 Å². The molecule has 1 aliphatic carbocycles. The summed E-state index contributed by atoms with van der Waals surface area (Å²) in [7, 11) is 0. The van der Waals surface area contributed by atoms with Gasteiger partial charge >= 0.3 is 0 Å². The monoisotopic (exact) mass is 330 g/mol. The Bertz CT molecular complexity index is 637. The van der Waals surface area contributed by atoms with Gasteiger partial charge < -0.3 is 9.80 Å². The summed E-state index contributed by atoms with van der Waals surface area (Å²) in [6.45, 7) is 5.08. The number of amides is 2. The van der Waals surface area contributed by atoms with Gasteiger partial charge in [-0.3, -0.25) is 14.3 Å². The second-order valence-corrected chi connectivity index (χ2v) is 7.71. The summed E-state index contributed by atoms with van der Waals surface area (Å²) in [4.78, 5) is 29.1. The van der Waals surface area contributed by atoms with Crippen LogP contribution in [0.3, 0.4) is 0 Å². The number of aromatic nitrogens is 2. The summed E-state index contributed by atoms with van der Waals surface area (Å²) in [5.41, 5.74) is 1.14. The topological polar surface area (TPSA) is 58.4 Å². The average molecular weight is 330 g/mol. The molecule has 0 unspecified atom stereocenters. The predicted molar refractivity (Wildman–Crippen MR) is 89.1 cm³/mol. The molecular formula is C18H26N4O2. The molecule has 3 fully saturated rings. The molecule has 4 rings (SSSR count). The molecule has 6 heteroatoms. The largest absolute Gasteiger partial charge is 0.342 e. The molecule has 130 valence electrons. The van der Waals surface area contributed by atoms with Crippen LogP contribution >= 0.6 is 0 Å². The van der Waals surface area contributed by atoms with E-state index in [1.165, 1.54) is 12.8 Å². The van der Waals surface area contributed by atoms with Crippen LogP contribution in [-0.2, 0) is 16.1 Å². The molecule has 2 amide bonds. The molecule has 2 saturated heterocycles. The zero-order valence-corrected chi connectivity index (χ0v) is 14.4. The molecule has 0 N–H and O–H groups in total. The number of aryl methyl sites for hydroxylation is 1. The zero-order valence-electron chi connectivity index (χ0n) is 14.4. The minimum Gasteiger partial charge on any atom is -0.342 e. The van der Waals surface area contributed by atoms with Crippen molar-refractivity contribution in [3.8, 4) is 0 Å². The first-order chi connectivity index (χ1) is 11.6. The van der Waals surface area contributed by atoms with E-state index >= 15 is 0 Å². The molecule has 0 bridgehead atoms. The maximum atomic E-state index is 13.0. The lowest BCUT2D eigenvalue weighted by atomic mass is 10.1. The van der Waals surface area contributed by atoms with Gasteiger partial charge in [-0.1, -0.05) is 0 Å². The van der Waals surface area contributed by atoms with Gasteiger partial charge in [0.15, 0.2) is 0 Å². The number of hydrogen-bond acceptors (Lipinski definition) is 3. The molecule has 1 aromatic heterocycles. The van der Waals surface area contributed by atoms with Crippen molar-refractivity contribution in [1.82, 2.24) is 19.6 Å². The Hall–Kier alpha value is -1.85. The van der Waals surface area contributed by atoms with Crippen molar-refractivity contribution in [3.63, 3.8) is 0 Å². The molecule has 1 saturated carbocycles. The summed E-state index contributed by atoms with van der Waals surface area (Å²) in [5, 5.41) is 4.35. The maximum absolute atomic E-state index is 13.0. The van der Waals surface area contributed by atoms with Crippen LogP contribution in [-0.4, -0.2) is 57.1 Å². The minimum atomic E-state index is -0.142. The third kappa shape index (κ3) is 3.19. The van der Waals surface area contributed by atoms with Crippen LogP contribution in [0.15, 0.2) is 12.4 Å². The quantitative estimate of drug-likeness (QED) is 0.821. The lowest BCUT2D eigenvalue weighted by molar-refractivity contribution is -0.136. The normalized spacial score (nSPS) is 27.3. The molecule has 2 atom stereocenters. The Balaban J connectivity index is 1.38. The van der Waals surface area contributed by atoms with E-state index in [2.05, 4.69) is 5.10 Å². The first kappa shape index (κ1) is 15.7. The summed E-state index contributed by atoms with van der Waals surface area (Å²) >= 11 is 0. The fourth-order valence-electron chi connectivity index (χ4n) is 4.06. The summed E-state index contributed by atoms with van der Waals surface area (Å²) in [6.07, 6.45) is 8.82. The third-order valence-corrected chi connectivity index (χ3v) is 5.56. The smallest absolute Gasteiger partial charge is 0.228 e. The van der Waals surface area contributed by atoms with Gasteiger partial charge in [0.1, 0.15) is 0 Å². The van der Waals surface area contributed by atoms with Crippen molar-refractivity contribution < 1.29 is 9.59 Å². The standard InChI is InChI=1S/C18H26N4O2/c1-13-8-19-21(9-13)12-16-3-2-6-22(16)18(24)15-7-17(23)20(11-15)10-14-4-5-14/h8-9,14-16H,2-7,10-12H2,1H3/t15-,16-/m0/s1. The first-order valence-corrected chi connectivity index (χ1v) is 9.17. The van der Waals surface area contributed by atoms with Crippen LogP contribution in [0.5, 0.6) is 0 Å². The summed E-state index contributed by atoms with van der Waals surface area (Å²) in [5.74, 6) is 0.883. The highest BCUT2D eigenvalue weighted by Gasteiger charge is 2.41. The van der Waals surface area contributed by atoms with Crippen molar-refractivity contribution in [3.05, 3.63) is 18.0 Å². The highest BCUT2D eigenvalue weighted by Crippen LogP contribution is 2.33. The molecule has 24 heavy (non-hydrogen) atoms. The van der Waals surface area contributed by atoms with Gasteiger partial charge in [-0.25, -0.2) is 0 Å². The molecule has 2 aliphatic heterocycles. The number of likely N-dealkylation sites (tertiary alicyclic amines) is 2. The molecule has 0 aromatic carbocycles.